The molecule has 0 fully saturated rings. The molecule has 2 aromatic carbocycles. The normalized spacial score (nSPS) is 11.2. The van der Waals surface area contributed by atoms with Gasteiger partial charge in [-0.1, -0.05) is 34.5 Å². The predicted molar refractivity (Wildman–Crippen MR) is 94.7 cm³/mol. The average molecular weight is 434 g/mol. The highest BCUT2D eigenvalue weighted by Gasteiger charge is 2.15. The maximum absolute atomic E-state index is 11.9. The van der Waals surface area contributed by atoms with E-state index in [2.05, 4.69) is 20.7 Å². The van der Waals surface area contributed by atoms with Crippen molar-refractivity contribution < 1.29 is 22.7 Å². The predicted octanol–water partition coefficient (Wildman–Crippen LogP) is 4.48. The van der Waals surface area contributed by atoms with Gasteiger partial charge in [-0.2, -0.15) is 0 Å². The van der Waals surface area contributed by atoms with Crippen LogP contribution in [0.5, 0.6) is 11.5 Å². The summed E-state index contributed by atoms with van der Waals surface area (Å²) in [7, 11) is -2.06. The number of benzene rings is 2. The minimum absolute atomic E-state index is 0.0162. The molecule has 0 unspecified atom stereocenters. The summed E-state index contributed by atoms with van der Waals surface area (Å²) in [4.78, 5) is 11.8. The lowest BCUT2D eigenvalue weighted by molar-refractivity contribution is 0.0600. The molecule has 0 bridgehead atoms. The third kappa shape index (κ3) is 4.28. The van der Waals surface area contributed by atoms with Crippen molar-refractivity contribution >= 4 is 43.3 Å². The van der Waals surface area contributed by atoms with E-state index in [0.717, 1.165) is 0 Å². The van der Waals surface area contributed by atoms with E-state index in [1.165, 1.54) is 31.4 Å². The number of carbonyl (C=O) groups excluding carboxylic acids is 1. The second-order valence-corrected chi connectivity index (χ2v) is 8.37. The highest BCUT2D eigenvalue weighted by atomic mass is 79.9. The van der Waals surface area contributed by atoms with Crippen molar-refractivity contribution in [1.29, 1.82) is 0 Å². The number of rotatable bonds is 5. The van der Waals surface area contributed by atoms with Gasteiger partial charge in [-0.3, -0.25) is 0 Å². The third-order valence-electron chi connectivity index (χ3n) is 3.16. The van der Waals surface area contributed by atoms with Crippen molar-refractivity contribution in [3.05, 3.63) is 51.5 Å². The van der Waals surface area contributed by atoms with Gasteiger partial charge in [-0.15, -0.1) is 0 Å². The van der Waals surface area contributed by atoms with Gasteiger partial charge in [0.15, 0.2) is 9.84 Å². The van der Waals surface area contributed by atoms with Crippen LogP contribution in [0.1, 0.15) is 17.3 Å². The zero-order valence-corrected chi connectivity index (χ0v) is 16.0. The number of ether oxygens (including phenoxy) is 2. The summed E-state index contributed by atoms with van der Waals surface area (Å²) in [5.74, 6) is 0.118. The van der Waals surface area contributed by atoms with Crippen molar-refractivity contribution in [2.24, 2.45) is 0 Å². The highest BCUT2D eigenvalue weighted by Crippen LogP contribution is 2.33. The molecule has 2 rings (SSSR count). The number of hydrogen-bond donors (Lipinski definition) is 0. The van der Waals surface area contributed by atoms with Gasteiger partial charge >= 0.3 is 5.97 Å². The molecular weight excluding hydrogens is 420 g/mol. The Balaban J connectivity index is 2.35. The van der Waals surface area contributed by atoms with Crippen molar-refractivity contribution in [2.75, 3.05) is 12.9 Å². The van der Waals surface area contributed by atoms with E-state index in [0.29, 0.717) is 15.8 Å². The topological polar surface area (TPSA) is 69.7 Å². The molecule has 0 spiro atoms. The molecule has 5 nitrogen and oxygen atoms in total. The molecule has 0 aliphatic heterocycles. The standard InChI is InChI=1S/C16H14BrClO5S/c1-3-24(20,21)13-4-5-15(14(18)9-13)23-12-7-10(16(19)22-2)6-11(17)8-12/h4-9H,3H2,1-2H3. The van der Waals surface area contributed by atoms with Gasteiger partial charge in [-0.05, 0) is 36.4 Å². The molecule has 8 heteroatoms. The molecule has 2 aromatic rings. The Morgan fingerprint density at radius 1 is 1.21 bits per heavy atom. The lowest BCUT2D eigenvalue weighted by Crippen LogP contribution is -2.03. The number of hydrogen-bond acceptors (Lipinski definition) is 5. The Morgan fingerprint density at radius 3 is 2.50 bits per heavy atom. The quantitative estimate of drug-likeness (QED) is 0.651. The summed E-state index contributed by atoms with van der Waals surface area (Å²) in [6.45, 7) is 1.56. The number of carbonyl (C=O) groups is 1. The minimum atomic E-state index is -3.35. The molecule has 24 heavy (non-hydrogen) atoms. The first-order valence-corrected chi connectivity index (χ1v) is 9.68. The van der Waals surface area contributed by atoms with Gasteiger partial charge in [0.05, 0.1) is 28.3 Å². The van der Waals surface area contributed by atoms with E-state index in [1.807, 2.05) is 0 Å². The zero-order chi connectivity index (χ0) is 17.9. The van der Waals surface area contributed by atoms with E-state index in [-0.39, 0.29) is 21.4 Å². The molecule has 0 saturated heterocycles. The fraction of sp³-hybridized carbons (Fsp3) is 0.188. The van der Waals surface area contributed by atoms with Gasteiger partial charge in [0.25, 0.3) is 0 Å². The van der Waals surface area contributed by atoms with Crippen LogP contribution in [0.25, 0.3) is 0 Å². The summed E-state index contributed by atoms with van der Waals surface area (Å²) >= 11 is 9.41. The number of sulfone groups is 1. The monoisotopic (exact) mass is 432 g/mol. The third-order valence-corrected chi connectivity index (χ3v) is 5.65. The van der Waals surface area contributed by atoms with Gasteiger partial charge in [0, 0.05) is 4.47 Å². The Hall–Kier alpha value is -1.57. The smallest absolute Gasteiger partial charge is 0.338 e. The SMILES string of the molecule is CCS(=O)(=O)c1ccc(Oc2cc(Br)cc(C(=O)OC)c2)c(Cl)c1. The first-order valence-electron chi connectivity index (χ1n) is 6.86. The van der Waals surface area contributed by atoms with Crippen LogP contribution in [0, 0.1) is 0 Å². The van der Waals surface area contributed by atoms with E-state index in [4.69, 9.17) is 16.3 Å². The van der Waals surface area contributed by atoms with Gasteiger partial charge in [0.2, 0.25) is 0 Å². The molecular formula is C16H14BrClO5S. The van der Waals surface area contributed by atoms with Crippen LogP contribution in [-0.2, 0) is 14.6 Å². The molecule has 0 radical (unpaired) electrons. The molecule has 0 saturated carbocycles. The first kappa shape index (κ1) is 18.8. The second kappa shape index (κ2) is 7.55. The molecule has 0 N–H and O–H groups in total. The largest absolute Gasteiger partial charge is 0.465 e. The Bertz CT molecular complexity index is 880. The summed E-state index contributed by atoms with van der Waals surface area (Å²) in [6.07, 6.45) is 0. The van der Waals surface area contributed by atoms with Crippen LogP contribution in [0.2, 0.25) is 5.02 Å². The van der Waals surface area contributed by atoms with E-state index in [1.54, 1.807) is 19.1 Å². The molecule has 0 aliphatic rings. The molecule has 0 heterocycles. The fourth-order valence-electron chi connectivity index (χ4n) is 1.91. The van der Waals surface area contributed by atoms with Crippen molar-refractivity contribution in [3.63, 3.8) is 0 Å². The lowest BCUT2D eigenvalue weighted by atomic mass is 10.2. The van der Waals surface area contributed by atoms with Crippen LogP contribution in [0.4, 0.5) is 0 Å². The summed E-state index contributed by atoms with van der Waals surface area (Å²) in [6, 6.07) is 9.00. The highest BCUT2D eigenvalue weighted by molar-refractivity contribution is 9.10. The average Bonchev–Trinajstić information content (AvgIpc) is 2.55. The van der Waals surface area contributed by atoms with Gasteiger partial charge in [0.1, 0.15) is 11.5 Å². The second-order valence-electron chi connectivity index (χ2n) is 4.76. The fourth-order valence-corrected chi connectivity index (χ4v) is 3.57. The van der Waals surface area contributed by atoms with Gasteiger partial charge in [-0.25, -0.2) is 13.2 Å². The van der Waals surface area contributed by atoms with E-state index >= 15 is 0 Å². The summed E-state index contributed by atoms with van der Waals surface area (Å²) in [5.41, 5.74) is 0.308. The van der Waals surface area contributed by atoms with Crippen molar-refractivity contribution in [2.45, 2.75) is 11.8 Å². The zero-order valence-electron chi connectivity index (χ0n) is 12.9. The summed E-state index contributed by atoms with van der Waals surface area (Å²) < 4.78 is 34.7. The Morgan fingerprint density at radius 2 is 1.92 bits per heavy atom. The Labute approximate surface area is 153 Å². The van der Waals surface area contributed by atoms with Crippen LogP contribution in [-0.4, -0.2) is 27.2 Å². The number of esters is 1. The maximum Gasteiger partial charge on any atom is 0.338 e. The molecule has 0 aromatic heterocycles. The van der Waals surface area contributed by atoms with E-state index in [9.17, 15) is 13.2 Å². The molecule has 0 aliphatic carbocycles. The van der Waals surface area contributed by atoms with Crippen LogP contribution in [0.3, 0.4) is 0 Å². The van der Waals surface area contributed by atoms with Crippen LogP contribution >= 0.6 is 27.5 Å². The van der Waals surface area contributed by atoms with Crippen molar-refractivity contribution in [3.8, 4) is 11.5 Å². The minimum Gasteiger partial charge on any atom is -0.465 e. The maximum atomic E-state index is 11.9. The van der Waals surface area contributed by atoms with Gasteiger partial charge < -0.3 is 9.47 Å². The lowest BCUT2D eigenvalue weighted by Gasteiger charge is -2.11. The van der Waals surface area contributed by atoms with Crippen LogP contribution < -0.4 is 4.74 Å². The Kier molecular flexibility index (Phi) is 5.90. The number of methoxy groups -OCH3 is 1. The first-order chi connectivity index (χ1) is 11.3. The van der Waals surface area contributed by atoms with Crippen LogP contribution in [0.15, 0.2) is 45.8 Å². The van der Waals surface area contributed by atoms with E-state index < -0.39 is 15.8 Å². The molecule has 0 amide bonds. The molecule has 128 valence electrons. The molecule has 0 atom stereocenters. The van der Waals surface area contributed by atoms with Crippen molar-refractivity contribution in [1.82, 2.24) is 0 Å². The number of halogens is 2. The summed E-state index contributed by atoms with van der Waals surface area (Å²) in [5, 5.41) is 0.157.